The summed E-state index contributed by atoms with van der Waals surface area (Å²) in [6.45, 7) is 3.74. The molecule has 0 atom stereocenters. The number of nitrogens with zero attached hydrogens (tertiary/aromatic N) is 2. The van der Waals surface area contributed by atoms with Gasteiger partial charge in [-0.05, 0) is 26.7 Å². The summed E-state index contributed by atoms with van der Waals surface area (Å²) < 4.78 is 1.45. The first kappa shape index (κ1) is 15.9. The number of aromatic nitrogens is 2. The molecular formula is C13H19N3O4. The summed E-state index contributed by atoms with van der Waals surface area (Å²) in [4.78, 5) is 37.2. The van der Waals surface area contributed by atoms with Crippen LogP contribution in [0.3, 0.4) is 0 Å². The van der Waals surface area contributed by atoms with E-state index in [0.717, 1.165) is 0 Å². The predicted octanol–water partition coefficient (Wildman–Crippen LogP) is 0.143. The maximum atomic E-state index is 11.8. The first-order chi connectivity index (χ1) is 9.32. The second-order valence-corrected chi connectivity index (χ2v) is 4.69. The van der Waals surface area contributed by atoms with E-state index in [9.17, 15) is 14.4 Å². The Kier molecular flexibility index (Phi) is 5.42. The van der Waals surface area contributed by atoms with Crippen LogP contribution < -0.4 is 11.4 Å². The van der Waals surface area contributed by atoms with Crippen molar-refractivity contribution in [3.05, 3.63) is 27.4 Å². The highest BCUT2D eigenvalue weighted by atomic mass is 16.4. The van der Waals surface area contributed by atoms with Gasteiger partial charge in [-0.15, -0.1) is 0 Å². The fourth-order valence-corrected chi connectivity index (χ4v) is 2.08. The number of rotatable bonds is 7. The Morgan fingerprint density at radius 3 is 2.50 bits per heavy atom. The normalized spacial score (nSPS) is 10.5. The average molecular weight is 281 g/mol. The van der Waals surface area contributed by atoms with Crippen molar-refractivity contribution in [1.82, 2.24) is 9.55 Å². The van der Waals surface area contributed by atoms with E-state index in [-0.39, 0.29) is 18.7 Å². The predicted molar refractivity (Wildman–Crippen MR) is 72.4 cm³/mol. The zero-order valence-electron chi connectivity index (χ0n) is 11.7. The van der Waals surface area contributed by atoms with E-state index in [1.54, 1.807) is 13.8 Å². The lowest BCUT2D eigenvalue weighted by atomic mass is 10.1. The number of carboxylic acids is 1. The van der Waals surface area contributed by atoms with Gasteiger partial charge < -0.3 is 10.8 Å². The Morgan fingerprint density at radius 1 is 1.30 bits per heavy atom. The molecule has 1 rings (SSSR count). The summed E-state index contributed by atoms with van der Waals surface area (Å²) in [5.74, 6) is -1.33. The first-order valence-electron chi connectivity index (χ1n) is 6.40. The highest BCUT2D eigenvalue weighted by Gasteiger charge is 2.13. The minimum absolute atomic E-state index is 0.160. The number of hydrogen-bond acceptors (Lipinski definition) is 4. The van der Waals surface area contributed by atoms with Crippen LogP contribution >= 0.6 is 0 Å². The number of carboxylic acid groups (broad SMARTS) is 1. The number of carbonyl (C=O) groups is 2. The quantitative estimate of drug-likeness (QED) is 0.690. The van der Waals surface area contributed by atoms with E-state index in [0.29, 0.717) is 36.3 Å². The highest BCUT2D eigenvalue weighted by Crippen LogP contribution is 2.11. The smallest absolute Gasteiger partial charge is 0.347 e. The second kappa shape index (κ2) is 6.83. The monoisotopic (exact) mass is 281 g/mol. The van der Waals surface area contributed by atoms with Crippen LogP contribution in [0.4, 0.5) is 0 Å². The van der Waals surface area contributed by atoms with Crippen LogP contribution in [0.5, 0.6) is 0 Å². The number of aliphatic carboxylic acids is 1. The number of carbonyl (C=O) groups excluding carboxylic acids is 1. The SMILES string of the molecule is Cc1nc(=O)n(CCCCC(N)=O)c(C)c1CC(=O)O. The second-order valence-electron chi connectivity index (χ2n) is 4.69. The molecule has 0 saturated heterocycles. The molecular weight excluding hydrogens is 262 g/mol. The molecule has 0 aliphatic heterocycles. The van der Waals surface area contributed by atoms with Crippen LogP contribution in [0.1, 0.15) is 36.2 Å². The van der Waals surface area contributed by atoms with E-state index in [1.165, 1.54) is 4.57 Å². The summed E-state index contributed by atoms with van der Waals surface area (Å²) in [6, 6.07) is 0. The zero-order valence-corrected chi connectivity index (χ0v) is 11.7. The van der Waals surface area contributed by atoms with Crippen LogP contribution in [0.25, 0.3) is 0 Å². The van der Waals surface area contributed by atoms with E-state index in [4.69, 9.17) is 10.8 Å². The van der Waals surface area contributed by atoms with Crippen molar-refractivity contribution in [2.45, 2.75) is 46.1 Å². The molecule has 0 bridgehead atoms. The molecule has 1 amide bonds. The lowest BCUT2D eigenvalue weighted by Gasteiger charge is -2.14. The summed E-state index contributed by atoms with van der Waals surface area (Å²) in [6.07, 6.45) is 1.31. The van der Waals surface area contributed by atoms with Crippen molar-refractivity contribution in [3.8, 4) is 0 Å². The number of primary amides is 1. The number of amides is 1. The first-order valence-corrected chi connectivity index (χ1v) is 6.40. The van der Waals surface area contributed by atoms with Gasteiger partial charge in [-0.2, -0.15) is 4.98 Å². The van der Waals surface area contributed by atoms with Crippen LogP contribution in [0, 0.1) is 13.8 Å². The Balaban J connectivity index is 2.92. The number of hydrogen-bond donors (Lipinski definition) is 2. The minimum atomic E-state index is -0.961. The van der Waals surface area contributed by atoms with E-state index >= 15 is 0 Å². The number of unbranched alkanes of at least 4 members (excludes halogenated alkanes) is 1. The lowest BCUT2D eigenvalue weighted by molar-refractivity contribution is -0.136. The fraction of sp³-hybridized carbons (Fsp3) is 0.538. The molecule has 0 unspecified atom stereocenters. The van der Waals surface area contributed by atoms with Gasteiger partial charge in [0.15, 0.2) is 0 Å². The molecule has 0 saturated carbocycles. The molecule has 0 spiro atoms. The van der Waals surface area contributed by atoms with Gasteiger partial charge in [0.25, 0.3) is 0 Å². The summed E-state index contributed by atoms with van der Waals surface area (Å²) in [5, 5.41) is 8.88. The van der Waals surface area contributed by atoms with Gasteiger partial charge in [-0.25, -0.2) is 4.79 Å². The Bertz CT molecular complexity index is 578. The van der Waals surface area contributed by atoms with Gasteiger partial charge in [-0.3, -0.25) is 14.2 Å². The summed E-state index contributed by atoms with van der Waals surface area (Å²) >= 11 is 0. The maximum Gasteiger partial charge on any atom is 0.347 e. The van der Waals surface area contributed by atoms with Crippen LogP contribution in [0.2, 0.25) is 0 Å². The van der Waals surface area contributed by atoms with Gasteiger partial charge in [0.1, 0.15) is 0 Å². The third kappa shape index (κ3) is 4.18. The Hall–Kier alpha value is -2.18. The van der Waals surface area contributed by atoms with E-state index in [2.05, 4.69) is 4.98 Å². The molecule has 0 fully saturated rings. The molecule has 3 N–H and O–H groups in total. The van der Waals surface area contributed by atoms with Gasteiger partial charge >= 0.3 is 11.7 Å². The lowest BCUT2D eigenvalue weighted by Crippen LogP contribution is -2.28. The highest BCUT2D eigenvalue weighted by molar-refractivity contribution is 5.73. The standard InChI is InChI=1S/C13H19N3O4/c1-8-10(7-12(18)19)9(2)16(13(20)15-8)6-4-3-5-11(14)17/h3-7H2,1-2H3,(H2,14,17)(H,18,19). The third-order valence-electron chi connectivity index (χ3n) is 3.16. The van der Waals surface area contributed by atoms with Crippen molar-refractivity contribution < 1.29 is 14.7 Å². The molecule has 7 nitrogen and oxygen atoms in total. The van der Waals surface area contributed by atoms with Crippen LogP contribution in [-0.2, 0) is 22.6 Å². The molecule has 1 aromatic heterocycles. The van der Waals surface area contributed by atoms with Crippen molar-refractivity contribution in [2.75, 3.05) is 0 Å². The van der Waals surface area contributed by atoms with Crippen molar-refractivity contribution in [3.63, 3.8) is 0 Å². The molecule has 0 aliphatic carbocycles. The van der Waals surface area contributed by atoms with Gasteiger partial charge in [0.05, 0.1) is 6.42 Å². The Morgan fingerprint density at radius 2 is 1.95 bits per heavy atom. The number of nitrogens with two attached hydrogens (primary N) is 1. The Labute approximate surface area is 116 Å². The fourth-order valence-electron chi connectivity index (χ4n) is 2.08. The molecule has 0 aliphatic rings. The van der Waals surface area contributed by atoms with Crippen LogP contribution in [0.15, 0.2) is 4.79 Å². The molecule has 1 aromatic rings. The summed E-state index contributed by atoms with van der Waals surface area (Å²) in [5.41, 5.74) is 6.27. The van der Waals surface area contributed by atoms with Crippen molar-refractivity contribution >= 4 is 11.9 Å². The molecule has 110 valence electrons. The molecule has 0 radical (unpaired) electrons. The topological polar surface area (TPSA) is 115 Å². The molecule has 20 heavy (non-hydrogen) atoms. The largest absolute Gasteiger partial charge is 0.481 e. The van der Waals surface area contributed by atoms with E-state index in [1.807, 2.05) is 0 Å². The molecule has 1 heterocycles. The summed E-state index contributed by atoms with van der Waals surface area (Å²) in [7, 11) is 0. The molecule has 0 aromatic carbocycles. The average Bonchev–Trinajstić information content (AvgIpc) is 2.32. The van der Waals surface area contributed by atoms with E-state index < -0.39 is 11.7 Å². The third-order valence-corrected chi connectivity index (χ3v) is 3.16. The number of aryl methyl sites for hydroxylation is 1. The van der Waals surface area contributed by atoms with Gasteiger partial charge in [0.2, 0.25) is 5.91 Å². The van der Waals surface area contributed by atoms with Gasteiger partial charge in [-0.1, -0.05) is 0 Å². The van der Waals surface area contributed by atoms with Crippen molar-refractivity contribution in [2.24, 2.45) is 5.73 Å². The van der Waals surface area contributed by atoms with Crippen molar-refractivity contribution in [1.29, 1.82) is 0 Å². The van der Waals surface area contributed by atoms with Crippen LogP contribution in [-0.4, -0.2) is 26.5 Å². The van der Waals surface area contributed by atoms with Gasteiger partial charge in [0, 0.05) is 29.9 Å². The zero-order chi connectivity index (χ0) is 15.3. The molecule has 7 heteroatoms. The minimum Gasteiger partial charge on any atom is -0.481 e. The maximum absolute atomic E-state index is 11.8.